The number of rotatable bonds is 3. The molecule has 1 atom stereocenters. The molecule has 0 fully saturated rings. The zero-order valence-corrected chi connectivity index (χ0v) is 8.32. The zero-order valence-electron chi connectivity index (χ0n) is 7.57. The van der Waals surface area contributed by atoms with Gasteiger partial charge in [0.25, 0.3) is 5.89 Å². The number of alkyl halides is 1. The minimum Gasteiger partial charge on any atom is -0.332 e. The molecular formula is C8H9ClN4O. The molecule has 0 radical (unpaired) electrons. The lowest BCUT2D eigenvalue weighted by molar-refractivity contribution is 0.420. The predicted molar refractivity (Wildman–Crippen MR) is 50.8 cm³/mol. The number of nitrogens with zero attached hydrogens (tertiary/aromatic N) is 3. The van der Waals surface area contributed by atoms with Gasteiger partial charge in [0.05, 0.1) is 5.38 Å². The fraction of sp³-hybridized carbons (Fsp3) is 0.375. The normalized spacial score (nSPS) is 13.0. The largest absolute Gasteiger partial charge is 0.332 e. The topological polar surface area (TPSA) is 67.6 Å². The molecule has 0 spiro atoms. The molecular weight excluding hydrogens is 204 g/mol. The molecule has 6 heteroatoms. The van der Waals surface area contributed by atoms with Gasteiger partial charge in [-0.05, 0) is 12.5 Å². The van der Waals surface area contributed by atoms with Gasteiger partial charge in [0, 0.05) is 6.20 Å². The summed E-state index contributed by atoms with van der Waals surface area (Å²) in [6.45, 7) is 1.96. The lowest BCUT2D eigenvalue weighted by atomic mass is 10.3. The van der Waals surface area contributed by atoms with Gasteiger partial charge in [-0.15, -0.1) is 11.6 Å². The average molecular weight is 213 g/mol. The first-order valence-corrected chi connectivity index (χ1v) is 4.72. The Balaban J connectivity index is 2.26. The van der Waals surface area contributed by atoms with Gasteiger partial charge in [0.15, 0.2) is 5.82 Å². The number of nitrogens with one attached hydrogen (secondary N) is 1. The number of halogens is 1. The van der Waals surface area contributed by atoms with Crippen molar-refractivity contribution in [2.75, 3.05) is 0 Å². The molecule has 0 amide bonds. The molecule has 0 saturated carbocycles. The standard InChI is InChI=1S/C8H9ClN4O/c1-2-5(9)7-11-8(14-13-7)6-3-4-10-12-6/h3-5H,2H2,1H3,(H,10,12). The van der Waals surface area contributed by atoms with Crippen LogP contribution in [-0.2, 0) is 0 Å². The van der Waals surface area contributed by atoms with Gasteiger partial charge in [-0.1, -0.05) is 12.1 Å². The molecule has 14 heavy (non-hydrogen) atoms. The summed E-state index contributed by atoms with van der Waals surface area (Å²) < 4.78 is 5.02. The fourth-order valence-corrected chi connectivity index (χ4v) is 1.12. The van der Waals surface area contributed by atoms with E-state index in [0.717, 1.165) is 6.42 Å². The van der Waals surface area contributed by atoms with E-state index in [-0.39, 0.29) is 5.38 Å². The summed E-state index contributed by atoms with van der Waals surface area (Å²) in [7, 11) is 0. The third-order valence-electron chi connectivity index (χ3n) is 1.81. The van der Waals surface area contributed by atoms with Crippen LogP contribution in [0, 0.1) is 0 Å². The Morgan fingerprint density at radius 2 is 2.50 bits per heavy atom. The summed E-state index contributed by atoms with van der Waals surface area (Å²) in [4.78, 5) is 4.14. The highest BCUT2D eigenvalue weighted by molar-refractivity contribution is 6.20. The second kappa shape index (κ2) is 3.79. The van der Waals surface area contributed by atoms with Crippen LogP contribution in [0.15, 0.2) is 16.8 Å². The molecule has 1 unspecified atom stereocenters. The molecule has 0 saturated heterocycles. The van der Waals surface area contributed by atoms with Gasteiger partial charge in [-0.25, -0.2) is 0 Å². The Morgan fingerprint density at radius 3 is 3.14 bits per heavy atom. The quantitative estimate of drug-likeness (QED) is 0.792. The Kier molecular flexibility index (Phi) is 2.49. The second-order valence-electron chi connectivity index (χ2n) is 2.80. The van der Waals surface area contributed by atoms with Crippen molar-refractivity contribution in [2.45, 2.75) is 18.7 Å². The molecule has 2 aromatic heterocycles. The van der Waals surface area contributed by atoms with Crippen LogP contribution >= 0.6 is 11.6 Å². The zero-order chi connectivity index (χ0) is 9.97. The maximum atomic E-state index is 5.95. The number of hydrogen-bond donors (Lipinski definition) is 1. The first-order chi connectivity index (χ1) is 6.81. The van der Waals surface area contributed by atoms with E-state index >= 15 is 0 Å². The minimum absolute atomic E-state index is 0.199. The van der Waals surface area contributed by atoms with Crippen LogP contribution < -0.4 is 0 Å². The van der Waals surface area contributed by atoms with Gasteiger partial charge >= 0.3 is 0 Å². The number of aromatic nitrogens is 4. The summed E-state index contributed by atoms with van der Waals surface area (Å²) in [6.07, 6.45) is 2.39. The van der Waals surface area contributed by atoms with E-state index in [2.05, 4.69) is 20.3 Å². The van der Waals surface area contributed by atoms with Crippen LogP contribution in [0.4, 0.5) is 0 Å². The van der Waals surface area contributed by atoms with Crippen molar-refractivity contribution < 1.29 is 4.52 Å². The van der Waals surface area contributed by atoms with E-state index < -0.39 is 0 Å². The van der Waals surface area contributed by atoms with Crippen LogP contribution in [0.2, 0.25) is 0 Å². The maximum absolute atomic E-state index is 5.95. The lowest BCUT2D eigenvalue weighted by Crippen LogP contribution is -1.90. The Hall–Kier alpha value is -1.36. The molecule has 2 heterocycles. The van der Waals surface area contributed by atoms with Crippen LogP contribution in [0.25, 0.3) is 11.6 Å². The SMILES string of the molecule is CCC(Cl)c1noc(-c2ccn[nH]2)n1. The van der Waals surface area contributed by atoms with Crippen molar-refractivity contribution >= 4 is 11.6 Å². The molecule has 0 aliphatic carbocycles. The monoisotopic (exact) mass is 212 g/mol. The van der Waals surface area contributed by atoms with Gasteiger partial charge < -0.3 is 4.52 Å². The minimum atomic E-state index is -0.199. The highest BCUT2D eigenvalue weighted by Crippen LogP contribution is 2.23. The van der Waals surface area contributed by atoms with Gasteiger partial charge in [0.1, 0.15) is 5.69 Å². The molecule has 0 aromatic carbocycles. The molecule has 2 rings (SSSR count). The summed E-state index contributed by atoms with van der Waals surface area (Å²) in [6, 6.07) is 1.76. The smallest absolute Gasteiger partial charge is 0.275 e. The van der Waals surface area contributed by atoms with E-state index in [4.69, 9.17) is 16.1 Å². The molecule has 5 nitrogen and oxygen atoms in total. The second-order valence-corrected chi connectivity index (χ2v) is 3.33. The van der Waals surface area contributed by atoms with E-state index in [9.17, 15) is 0 Å². The van der Waals surface area contributed by atoms with E-state index in [1.54, 1.807) is 12.3 Å². The van der Waals surface area contributed by atoms with Gasteiger partial charge in [-0.3, -0.25) is 5.10 Å². The molecule has 0 aliphatic rings. The number of H-pyrrole nitrogens is 1. The van der Waals surface area contributed by atoms with E-state index in [0.29, 0.717) is 17.4 Å². The van der Waals surface area contributed by atoms with Crippen molar-refractivity contribution in [3.63, 3.8) is 0 Å². The van der Waals surface area contributed by atoms with Crippen LogP contribution in [0.3, 0.4) is 0 Å². The Morgan fingerprint density at radius 1 is 1.64 bits per heavy atom. The average Bonchev–Trinajstić information content (AvgIpc) is 2.86. The molecule has 1 N–H and O–H groups in total. The molecule has 0 aliphatic heterocycles. The summed E-state index contributed by atoms with van der Waals surface area (Å²) in [5.41, 5.74) is 0.698. The van der Waals surface area contributed by atoms with Gasteiger partial charge in [0.2, 0.25) is 0 Å². The highest BCUT2D eigenvalue weighted by atomic mass is 35.5. The van der Waals surface area contributed by atoms with Crippen LogP contribution in [0.1, 0.15) is 24.5 Å². The first-order valence-electron chi connectivity index (χ1n) is 4.28. The third kappa shape index (κ3) is 1.63. The summed E-state index contributed by atoms with van der Waals surface area (Å²) in [5.74, 6) is 0.926. The third-order valence-corrected chi connectivity index (χ3v) is 2.32. The van der Waals surface area contributed by atoms with Gasteiger partial charge in [-0.2, -0.15) is 10.1 Å². The van der Waals surface area contributed by atoms with Crippen molar-refractivity contribution in [1.29, 1.82) is 0 Å². The highest BCUT2D eigenvalue weighted by Gasteiger charge is 2.15. The summed E-state index contributed by atoms with van der Waals surface area (Å²) in [5, 5.41) is 10.1. The number of aromatic amines is 1. The van der Waals surface area contributed by atoms with Crippen molar-refractivity contribution in [3.05, 3.63) is 18.1 Å². The first kappa shape index (κ1) is 9.21. The van der Waals surface area contributed by atoms with Crippen LogP contribution in [0.5, 0.6) is 0 Å². The van der Waals surface area contributed by atoms with Crippen LogP contribution in [-0.4, -0.2) is 20.3 Å². The van der Waals surface area contributed by atoms with E-state index in [1.807, 2.05) is 6.92 Å². The molecule has 0 bridgehead atoms. The van der Waals surface area contributed by atoms with Crippen molar-refractivity contribution in [3.8, 4) is 11.6 Å². The maximum Gasteiger partial charge on any atom is 0.275 e. The van der Waals surface area contributed by atoms with E-state index in [1.165, 1.54) is 0 Å². The number of hydrogen-bond acceptors (Lipinski definition) is 4. The predicted octanol–water partition coefficient (Wildman–Crippen LogP) is 2.15. The summed E-state index contributed by atoms with van der Waals surface area (Å²) >= 11 is 5.95. The fourth-order valence-electron chi connectivity index (χ4n) is 1.03. The molecule has 2 aromatic rings. The molecule has 74 valence electrons. The van der Waals surface area contributed by atoms with Crippen molar-refractivity contribution in [2.24, 2.45) is 0 Å². The Bertz CT molecular complexity index is 397. The van der Waals surface area contributed by atoms with Crippen molar-refractivity contribution in [1.82, 2.24) is 20.3 Å². The lowest BCUT2D eigenvalue weighted by Gasteiger charge is -1.95. The Labute approximate surface area is 85.5 Å².